The first-order valence-corrected chi connectivity index (χ1v) is 12.9. The molecule has 0 aliphatic carbocycles. The minimum Gasteiger partial charge on any atom is -0.493 e. The van der Waals surface area contributed by atoms with Crippen LogP contribution in [0, 0.1) is 12.8 Å². The lowest BCUT2D eigenvalue weighted by Gasteiger charge is -2.27. The molecule has 0 spiro atoms. The van der Waals surface area contributed by atoms with Gasteiger partial charge in [-0.2, -0.15) is 0 Å². The summed E-state index contributed by atoms with van der Waals surface area (Å²) in [6.07, 6.45) is -0.913. The van der Waals surface area contributed by atoms with Gasteiger partial charge in [-0.05, 0) is 55.5 Å². The van der Waals surface area contributed by atoms with E-state index < -0.39 is 18.2 Å². The fraction of sp³-hybridized carbons (Fsp3) is 0.355. The zero-order chi connectivity index (χ0) is 27.7. The van der Waals surface area contributed by atoms with E-state index in [4.69, 9.17) is 14.2 Å². The second kappa shape index (κ2) is 13.5. The normalized spacial score (nSPS) is 12.5. The van der Waals surface area contributed by atoms with Crippen molar-refractivity contribution in [1.29, 1.82) is 0 Å². The number of amides is 2. The Balaban J connectivity index is 1.88. The highest BCUT2D eigenvalue weighted by molar-refractivity contribution is 5.86. The van der Waals surface area contributed by atoms with E-state index in [9.17, 15) is 9.59 Å². The van der Waals surface area contributed by atoms with Crippen molar-refractivity contribution in [3.05, 3.63) is 95.1 Å². The van der Waals surface area contributed by atoms with E-state index in [-0.39, 0.29) is 17.9 Å². The molecule has 3 rings (SSSR count). The van der Waals surface area contributed by atoms with Gasteiger partial charge in [0.05, 0.1) is 19.3 Å². The van der Waals surface area contributed by atoms with Crippen molar-refractivity contribution in [2.75, 3.05) is 7.11 Å². The summed E-state index contributed by atoms with van der Waals surface area (Å²) in [4.78, 5) is 25.8. The maximum absolute atomic E-state index is 13.5. The van der Waals surface area contributed by atoms with Crippen molar-refractivity contribution in [1.82, 2.24) is 10.6 Å². The largest absolute Gasteiger partial charge is 0.493 e. The maximum Gasteiger partial charge on any atom is 0.408 e. The highest BCUT2D eigenvalue weighted by Gasteiger charge is 2.28. The van der Waals surface area contributed by atoms with Crippen molar-refractivity contribution in [2.45, 2.75) is 59.4 Å². The monoisotopic (exact) mass is 518 g/mol. The minimum atomic E-state index is -0.774. The number of methoxy groups -OCH3 is 1. The number of nitrogens with one attached hydrogen (secondary N) is 2. The van der Waals surface area contributed by atoms with E-state index in [0.29, 0.717) is 18.1 Å². The summed E-state index contributed by atoms with van der Waals surface area (Å²) in [7, 11) is 1.59. The van der Waals surface area contributed by atoms with Crippen LogP contribution >= 0.6 is 0 Å². The Labute approximate surface area is 225 Å². The van der Waals surface area contributed by atoms with Crippen molar-refractivity contribution in [3.8, 4) is 11.5 Å². The lowest BCUT2D eigenvalue weighted by atomic mass is 9.96. The van der Waals surface area contributed by atoms with E-state index in [1.54, 1.807) is 21.0 Å². The first-order valence-electron chi connectivity index (χ1n) is 12.9. The Morgan fingerprint density at radius 1 is 0.816 bits per heavy atom. The van der Waals surface area contributed by atoms with E-state index in [0.717, 1.165) is 22.3 Å². The lowest BCUT2D eigenvalue weighted by Crippen LogP contribution is -2.51. The van der Waals surface area contributed by atoms with Gasteiger partial charge in [0.15, 0.2) is 11.5 Å². The number of rotatable bonds is 11. The summed E-state index contributed by atoms with van der Waals surface area (Å²) >= 11 is 0. The van der Waals surface area contributed by atoms with Gasteiger partial charge >= 0.3 is 6.09 Å². The molecule has 1 unspecified atom stereocenters. The standard InChI is InChI=1S/C31H38N2O5/c1-20(2)28(33-31(35)38-21(3)4)30(34)32-29(24-14-12-22(5)13-15-24)25-16-17-26(27(18-25)36-6)37-19-23-10-8-7-9-11-23/h7-18,20-21,28-29H,19H2,1-6H3,(H,32,34)(H,33,35)/t28-,29?/m0/s1. The van der Waals surface area contributed by atoms with Gasteiger partial charge in [-0.1, -0.05) is 80.1 Å². The first-order chi connectivity index (χ1) is 18.2. The molecule has 0 bridgehead atoms. The molecule has 0 saturated carbocycles. The molecule has 38 heavy (non-hydrogen) atoms. The van der Waals surface area contributed by atoms with Crippen molar-refractivity contribution >= 4 is 12.0 Å². The number of aryl methyl sites for hydroxylation is 1. The van der Waals surface area contributed by atoms with E-state index in [1.165, 1.54) is 0 Å². The Hall–Kier alpha value is -4.00. The molecule has 3 aromatic carbocycles. The second-order valence-electron chi connectivity index (χ2n) is 9.86. The number of carbonyl (C=O) groups excluding carboxylic acids is 2. The summed E-state index contributed by atoms with van der Waals surface area (Å²) in [6.45, 7) is 9.70. The Morgan fingerprint density at radius 3 is 2.08 bits per heavy atom. The van der Waals surface area contributed by atoms with Gasteiger partial charge in [-0.15, -0.1) is 0 Å². The molecule has 2 atom stereocenters. The Bertz CT molecular complexity index is 1190. The third kappa shape index (κ3) is 8.00. The van der Waals surface area contributed by atoms with Crippen LogP contribution in [0.5, 0.6) is 11.5 Å². The molecule has 2 N–H and O–H groups in total. The lowest BCUT2D eigenvalue weighted by molar-refractivity contribution is -0.124. The van der Waals surface area contributed by atoms with Gasteiger partial charge in [0.2, 0.25) is 5.91 Å². The quantitative estimate of drug-likeness (QED) is 0.328. The summed E-state index contributed by atoms with van der Waals surface area (Å²) in [6, 6.07) is 22.2. The molecule has 7 nitrogen and oxygen atoms in total. The second-order valence-corrected chi connectivity index (χ2v) is 9.86. The van der Waals surface area contributed by atoms with Crippen molar-refractivity contribution in [2.24, 2.45) is 5.92 Å². The Morgan fingerprint density at radius 2 is 1.47 bits per heavy atom. The molecular weight excluding hydrogens is 480 g/mol. The highest BCUT2D eigenvalue weighted by Crippen LogP contribution is 2.33. The van der Waals surface area contributed by atoms with Crippen molar-refractivity contribution in [3.63, 3.8) is 0 Å². The molecule has 202 valence electrons. The third-order valence-electron chi connectivity index (χ3n) is 6.02. The van der Waals surface area contributed by atoms with E-state index in [1.807, 2.05) is 93.6 Å². The maximum atomic E-state index is 13.5. The molecular formula is C31H38N2O5. The molecule has 0 aliphatic rings. The van der Waals surface area contributed by atoms with E-state index in [2.05, 4.69) is 10.6 Å². The fourth-order valence-electron chi connectivity index (χ4n) is 3.98. The number of hydrogen-bond donors (Lipinski definition) is 2. The van der Waals surface area contributed by atoms with Gasteiger partial charge in [0.1, 0.15) is 12.6 Å². The number of hydrogen-bond acceptors (Lipinski definition) is 5. The van der Waals surface area contributed by atoms with Gasteiger partial charge in [0.25, 0.3) is 0 Å². The average molecular weight is 519 g/mol. The van der Waals surface area contributed by atoms with Crippen LogP contribution in [0.15, 0.2) is 72.8 Å². The highest BCUT2D eigenvalue weighted by atomic mass is 16.6. The molecule has 0 fully saturated rings. The predicted octanol–water partition coefficient (Wildman–Crippen LogP) is 5.95. The number of ether oxygens (including phenoxy) is 3. The summed E-state index contributed by atoms with van der Waals surface area (Å²) in [5, 5.41) is 5.84. The predicted molar refractivity (Wildman–Crippen MR) is 148 cm³/mol. The minimum absolute atomic E-state index is 0.156. The first kappa shape index (κ1) is 28.6. The van der Waals surface area contributed by atoms with Gasteiger partial charge in [-0.3, -0.25) is 4.79 Å². The summed E-state index contributed by atoms with van der Waals surface area (Å²) in [5.41, 5.74) is 3.88. The van der Waals surface area contributed by atoms with Crippen LogP contribution in [-0.4, -0.2) is 31.3 Å². The summed E-state index contributed by atoms with van der Waals surface area (Å²) < 4.78 is 16.9. The van der Waals surface area contributed by atoms with E-state index >= 15 is 0 Å². The number of alkyl carbamates (subject to hydrolysis) is 1. The van der Waals surface area contributed by atoms with Gasteiger partial charge in [0, 0.05) is 0 Å². The topological polar surface area (TPSA) is 85.9 Å². The molecule has 0 aromatic heterocycles. The molecule has 3 aromatic rings. The summed E-state index contributed by atoms with van der Waals surface area (Å²) in [5.74, 6) is 0.697. The average Bonchev–Trinajstić information content (AvgIpc) is 2.89. The molecule has 0 radical (unpaired) electrons. The fourth-order valence-corrected chi connectivity index (χ4v) is 3.98. The van der Waals surface area contributed by atoms with Crippen LogP contribution < -0.4 is 20.1 Å². The van der Waals surface area contributed by atoms with Gasteiger partial charge < -0.3 is 24.8 Å². The molecule has 0 aliphatic heterocycles. The Kier molecular flexibility index (Phi) is 10.2. The number of carbonyl (C=O) groups is 2. The molecule has 2 amide bonds. The zero-order valence-electron chi connectivity index (χ0n) is 23.0. The van der Waals surface area contributed by atoms with Crippen LogP contribution in [0.25, 0.3) is 0 Å². The molecule has 0 heterocycles. The van der Waals surface area contributed by atoms with Crippen LogP contribution in [0.4, 0.5) is 4.79 Å². The SMILES string of the molecule is COc1cc(C(NC(=O)[C@@H](NC(=O)OC(C)C)C(C)C)c2ccc(C)cc2)ccc1OCc1ccccc1. The smallest absolute Gasteiger partial charge is 0.408 e. The van der Waals surface area contributed by atoms with Crippen LogP contribution in [0.1, 0.15) is 56.0 Å². The van der Waals surface area contributed by atoms with Crippen LogP contribution in [0.2, 0.25) is 0 Å². The molecule has 0 saturated heterocycles. The number of benzene rings is 3. The van der Waals surface area contributed by atoms with Crippen LogP contribution in [-0.2, 0) is 16.1 Å². The van der Waals surface area contributed by atoms with Gasteiger partial charge in [-0.25, -0.2) is 4.79 Å². The third-order valence-corrected chi connectivity index (χ3v) is 6.02. The zero-order valence-corrected chi connectivity index (χ0v) is 23.0. The molecule has 7 heteroatoms. The van der Waals surface area contributed by atoms with Crippen molar-refractivity contribution < 1.29 is 23.8 Å². The van der Waals surface area contributed by atoms with Crippen LogP contribution in [0.3, 0.4) is 0 Å².